The Kier molecular flexibility index (Phi) is 7.64. The van der Waals surface area contributed by atoms with Gasteiger partial charge in [0, 0.05) is 18.7 Å². The van der Waals surface area contributed by atoms with Gasteiger partial charge in [0.1, 0.15) is 5.75 Å². The minimum Gasteiger partial charge on any atom is -0.494 e. The van der Waals surface area contributed by atoms with Crippen LogP contribution in [0.4, 0.5) is 5.69 Å². The number of rotatable bonds is 9. The van der Waals surface area contributed by atoms with E-state index in [-0.39, 0.29) is 17.9 Å². The number of hydrogen-bond acceptors (Lipinski definition) is 4. The molecule has 154 valence electrons. The molecule has 0 saturated carbocycles. The van der Waals surface area contributed by atoms with Crippen molar-refractivity contribution in [3.63, 3.8) is 0 Å². The van der Waals surface area contributed by atoms with Crippen molar-refractivity contribution < 1.29 is 19.1 Å². The Hall–Kier alpha value is -2.86. The van der Waals surface area contributed by atoms with Gasteiger partial charge < -0.3 is 20.1 Å². The fourth-order valence-corrected chi connectivity index (χ4v) is 3.15. The van der Waals surface area contributed by atoms with Crippen molar-refractivity contribution in [1.82, 2.24) is 5.32 Å². The van der Waals surface area contributed by atoms with Crippen molar-refractivity contribution in [2.75, 3.05) is 25.1 Å². The van der Waals surface area contributed by atoms with Crippen LogP contribution in [0.25, 0.3) is 0 Å². The smallest absolute Gasteiger partial charge is 0.255 e. The molecular formula is C23H28N2O4. The van der Waals surface area contributed by atoms with Crippen LogP contribution in [0.15, 0.2) is 48.5 Å². The lowest BCUT2D eigenvalue weighted by molar-refractivity contribution is 0.0858. The second-order valence-corrected chi connectivity index (χ2v) is 7.07. The Balaban J connectivity index is 1.64. The summed E-state index contributed by atoms with van der Waals surface area (Å²) in [5, 5.41) is 5.74. The van der Waals surface area contributed by atoms with E-state index in [1.807, 2.05) is 6.07 Å². The average molecular weight is 396 g/mol. The van der Waals surface area contributed by atoms with Crippen LogP contribution in [-0.2, 0) is 4.74 Å². The Bertz CT molecular complexity index is 831. The molecule has 0 aromatic heterocycles. The van der Waals surface area contributed by atoms with Gasteiger partial charge >= 0.3 is 0 Å². The molecule has 3 rings (SSSR count). The Labute approximate surface area is 171 Å². The number of hydrogen-bond donors (Lipinski definition) is 2. The number of ether oxygens (including phenoxy) is 2. The molecule has 1 aliphatic rings. The zero-order valence-corrected chi connectivity index (χ0v) is 16.8. The summed E-state index contributed by atoms with van der Waals surface area (Å²) >= 11 is 0. The Morgan fingerprint density at radius 1 is 1.14 bits per heavy atom. The summed E-state index contributed by atoms with van der Waals surface area (Å²) < 4.78 is 11.2. The number of nitrogens with one attached hydrogen (secondary N) is 2. The minimum atomic E-state index is -0.287. The predicted octanol–water partition coefficient (Wildman–Crippen LogP) is 4.03. The molecule has 1 aliphatic heterocycles. The maximum absolute atomic E-state index is 12.7. The summed E-state index contributed by atoms with van der Waals surface area (Å²) in [6.07, 6.45) is 4.05. The summed E-state index contributed by atoms with van der Waals surface area (Å²) in [7, 11) is 0. The van der Waals surface area contributed by atoms with Crippen LogP contribution < -0.4 is 15.4 Å². The summed E-state index contributed by atoms with van der Waals surface area (Å²) in [6.45, 7) is 3.93. The number of carbonyl (C=O) groups is 2. The molecule has 2 amide bonds. The van der Waals surface area contributed by atoms with Gasteiger partial charge in [-0.15, -0.1) is 0 Å². The number of unbranched alkanes of at least 4 members (excludes halogenated alkanes) is 1. The molecule has 1 heterocycles. The average Bonchev–Trinajstić information content (AvgIpc) is 3.26. The van der Waals surface area contributed by atoms with Crippen LogP contribution in [0.1, 0.15) is 53.3 Å². The van der Waals surface area contributed by atoms with Crippen molar-refractivity contribution in [2.24, 2.45) is 0 Å². The zero-order chi connectivity index (χ0) is 20.5. The van der Waals surface area contributed by atoms with E-state index in [9.17, 15) is 9.59 Å². The van der Waals surface area contributed by atoms with Gasteiger partial charge in [-0.2, -0.15) is 0 Å². The second-order valence-electron chi connectivity index (χ2n) is 7.07. The molecule has 0 spiro atoms. The first-order valence-electron chi connectivity index (χ1n) is 10.2. The quantitative estimate of drug-likeness (QED) is 0.628. The van der Waals surface area contributed by atoms with E-state index in [1.54, 1.807) is 42.5 Å². The molecule has 2 aromatic carbocycles. The number of carbonyl (C=O) groups excluding carboxylic acids is 2. The van der Waals surface area contributed by atoms with Gasteiger partial charge in [-0.05, 0) is 49.6 Å². The summed E-state index contributed by atoms with van der Waals surface area (Å²) in [6, 6.07) is 14.0. The second kappa shape index (κ2) is 10.6. The third-order valence-corrected chi connectivity index (χ3v) is 4.80. The summed E-state index contributed by atoms with van der Waals surface area (Å²) in [5.41, 5.74) is 1.38. The molecule has 2 aromatic rings. The van der Waals surface area contributed by atoms with Crippen molar-refractivity contribution in [2.45, 2.75) is 38.7 Å². The molecular weight excluding hydrogens is 368 g/mol. The lowest BCUT2D eigenvalue weighted by Crippen LogP contribution is -2.32. The van der Waals surface area contributed by atoms with Crippen LogP contribution >= 0.6 is 0 Å². The van der Waals surface area contributed by atoms with E-state index >= 15 is 0 Å². The highest BCUT2D eigenvalue weighted by atomic mass is 16.5. The van der Waals surface area contributed by atoms with Gasteiger partial charge in [0.15, 0.2) is 0 Å². The van der Waals surface area contributed by atoms with Crippen LogP contribution in [-0.4, -0.2) is 37.7 Å². The van der Waals surface area contributed by atoms with Gasteiger partial charge in [0.25, 0.3) is 11.8 Å². The first-order valence-corrected chi connectivity index (χ1v) is 10.2. The maximum atomic E-state index is 12.7. The largest absolute Gasteiger partial charge is 0.494 e. The van der Waals surface area contributed by atoms with Crippen molar-refractivity contribution in [1.29, 1.82) is 0 Å². The molecule has 1 atom stereocenters. The molecule has 0 radical (unpaired) electrons. The molecule has 6 heteroatoms. The van der Waals surface area contributed by atoms with E-state index in [2.05, 4.69) is 17.6 Å². The van der Waals surface area contributed by atoms with Crippen molar-refractivity contribution >= 4 is 17.5 Å². The normalized spacial score (nSPS) is 15.7. The third-order valence-electron chi connectivity index (χ3n) is 4.80. The Morgan fingerprint density at radius 3 is 2.79 bits per heavy atom. The highest BCUT2D eigenvalue weighted by Gasteiger charge is 2.18. The van der Waals surface area contributed by atoms with Gasteiger partial charge in [-0.25, -0.2) is 0 Å². The molecule has 2 N–H and O–H groups in total. The van der Waals surface area contributed by atoms with Gasteiger partial charge in [-0.3, -0.25) is 9.59 Å². The minimum absolute atomic E-state index is 0.0659. The lowest BCUT2D eigenvalue weighted by Gasteiger charge is -2.14. The first kappa shape index (κ1) is 20.9. The lowest BCUT2D eigenvalue weighted by atomic mass is 10.1. The molecule has 0 aliphatic carbocycles. The van der Waals surface area contributed by atoms with Crippen LogP contribution in [0, 0.1) is 0 Å². The molecule has 1 unspecified atom stereocenters. The van der Waals surface area contributed by atoms with E-state index < -0.39 is 0 Å². The fraction of sp³-hybridized carbons (Fsp3) is 0.391. The summed E-state index contributed by atoms with van der Waals surface area (Å²) in [4.78, 5) is 25.3. The molecule has 29 heavy (non-hydrogen) atoms. The van der Waals surface area contributed by atoms with Gasteiger partial charge in [-0.1, -0.05) is 31.5 Å². The molecule has 1 fully saturated rings. The maximum Gasteiger partial charge on any atom is 0.255 e. The highest BCUT2D eigenvalue weighted by Crippen LogP contribution is 2.19. The number of amides is 2. The number of anilines is 1. The topological polar surface area (TPSA) is 76.7 Å². The number of benzene rings is 2. The predicted molar refractivity (Wildman–Crippen MR) is 113 cm³/mol. The standard InChI is InChI=1S/C23H28N2O4/c1-2-3-13-28-18-9-6-8-17(15-18)22(26)25-21-12-5-4-11-20(21)23(27)24-16-19-10-7-14-29-19/h4-6,8-9,11-12,15,19H,2-3,7,10,13-14,16H2,1H3,(H,24,27)(H,25,26). The van der Waals surface area contributed by atoms with E-state index in [4.69, 9.17) is 9.47 Å². The third kappa shape index (κ3) is 6.06. The van der Waals surface area contributed by atoms with Gasteiger partial charge in [0.2, 0.25) is 0 Å². The van der Waals surface area contributed by atoms with Crippen LogP contribution in [0.2, 0.25) is 0 Å². The monoisotopic (exact) mass is 396 g/mol. The van der Waals surface area contributed by atoms with Crippen molar-refractivity contribution in [3.05, 3.63) is 59.7 Å². The van der Waals surface area contributed by atoms with Crippen molar-refractivity contribution in [3.8, 4) is 5.75 Å². The summed E-state index contributed by atoms with van der Waals surface area (Å²) in [5.74, 6) is 0.145. The SMILES string of the molecule is CCCCOc1cccc(C(=O)Nc2ccccc2C(=O)NCC2CCCO2)c1. The highest BCUT2D eigenvalue weighted by molar-refractivity contribution is 6.09. The molecule has 0 bridgehead atoms. The number of para-hydroxylation sites is 1. The molecule has 1 saturated heterocycles. The van der Waals surface area contributed by atoms with E-state index in [1.165, 1.54) is 0 Å². The molecule has 6 nitrogen and oxygen atoms in total. The van der Waals surface area contributed by atoms with Crippen LogP contribution in [0.3, 0.4) is 0 Å². The van der Waals surface area contributed by atoms with E-state index in [0.29, 0.717) is 35.7 Å². The van der Waals surface area contributed by atoms with Crippen LogP contribution in [0.5, 0.6) is 5.75 Å². The Morgan fingerprint density at radius 2 is 2.00 bits per heavy atom. The zero-order valence-electron chi connectivity index (χ0n) is 16.8. The van der Waals surface area contributed by atoms with E-state index in [0.717, 1.165) is 32.3 Å². The fourth-order valence-electron chi connectivity index (χ4n) is 3.15. The first-order chi connectivity index (χ1) is 14.2. The van der Waals surface area contributed by atoms with Gasteiger partial charge in [0.05, 0.1) is 24.0 Å².